The van der Waals surface area contributed by atoms with Crippen molar-refractivity contribution in [3.8, 4) is 0 Å². The maximum absolute atomic E-state index is 11.9. The highest BCUT2D eigenvalue weighted by Gasteiger charge is 2.02. The summed E-state index contributed by atoms with van der Waals surface area (Å²) >= 11 is 0. The number of benzene rings is 1. The Morgan fingerprint density at radius 1 is 0.731 bits per heavy atom. The van der Waals surface area contributed by atoms with Crippen LogP contribution in [0.4, 0.5) is 11.4 Å². The van der Waals surface area contributed by atoms with Crippen LogP contribution in [0.2, 0.25) is 0 Å². The zero-order valence-corrected chi connectivity index (χ0v) is 13.7. The van der Waals surface area contributed by atoms with E-state index in [2.05, 4.69) is 10.6 Å². The lowest BCUT2D eigenvalue weighted by molar-refractivity contribution is -0.112. The van der Waals surface area contributed by atoms with Gasteiger partial charge < -0.3 is 19.5 Å². The summed E-state index contributed by atoms with van der Waals surface area (Å²) in [6, 6.07) is 13.8. The Labute approximate surface area is 149 Å². The Balaban J connectivity index is 1.57. The van der Waals surface area contributed by atoms with Crippen LogP contribution in [0.25, 0.3) is 12.2 Å². The molecule has 0 bridgehead atoms. The van der Waals surface area contributed by atoms with Gasteiger partial charge in [0.05, 0.1) is 12.5 Å². The van der Waals surface area contributed by atoms with E-state index >= 15 is 0 Å². The summed E-state index contributed by atoms with van der Waals surface area (Å²) < 4.78 is 10.2. The van der Waals surface area contributed by atoms with Crippen LogP contribution in [0.5, 0.6) is 0 Å². The molecule has 0 saturated heterocycles. The van der Waals surface area contributed by atoms with Gasteiger partial charge in [-0.2, -0.15) is 0 Å². The van der Waals surface area contributed by atoms with E-state index in [1.54, 1.807) is 60.7 Å². The highest BCUT2D eigenvalue weighted by Crippen LogP contribution is 2.15. The summed E-state index contributed by atoms with van der Waals surface area (Å²) in [5.74, 6) is 0.569. The average Bonchev–Trinajstić information content (AvgIpc) is 3.32. The molecule has 2 heterocycles. The van der Waals surface area contributed by atoms with E-state index in [1.807, 2.05) is 0 Å². The molecule has 0 aliphatic carbocycles. The molecule has 130 valence electrons. The molecule has 2 amide bonds. The quantitative estimate of drug-likeness (QED) is 0.655. The summed E-state index contributed by atoms with van der Waals surface area (Å²) in [5, 5.41) is 5.44. The van der Waals surface area contributed by atoms with Crippen LogP contribution in [0.1, 0.15) is 11.5 Å². The number of amides is 2. The van der Waals surface area contributed by atoms with Crippen molar-refractivity contribution in [1.29, 1.82) is 0 Å². The SMILES string of the molecule is O=C(C=Cc1ccco1)Nc1cccc(NC(=O)C=Cc2ccco2)c1. The highest BCUT2D eigenvalue weighted by molar-refractivity contribution is 6.04. The second-order valence-corrected chi connectivity index (χ2v) is 5.26. The fraction of sp³-hybridized carbons (Fsp3) is 0. The third-order valence-electron chi connectivity index (χ3n) is 3.28. The van der Waals surface area contributed by atoms with Crippen molar-refractivity contribution < 1.29 is 18.4 Å². The molecule has 3 rings (SSSR count). The predicted octanol–water partition coefficient (Wildman–Crippen LogP) is 4.18. The molecule has 3 aromatic rings. The first-order valence-corrected chi connectivity index (χ1v) is 7.84. The van der Waals surface area contributed by atoms with E-state index in [9.17, 15) is 9.59 Å². The largest absolute Gasteiger partial charge is 0.465 e. The number of anilines is 2. The summed E-state index contributed by atoms with van der Waals surface area (Å²) in [4.78, 5) is 23.9. The fourth-order valence-electron chi connectivity index (χ4n) is 2.13. The lowest BCUT2D eigenvalue weighted by atomic mass is 10.2. The first-order chi connectivity index (χ1) is 12.7. The summed E-state index contributed by atoms with van der Waals surface area (Å²) in [6.45, 7) is 0. The topological polar surface area (TPSA) is 84.5 Å². The van der Waals surface area contributed by atoms with Crippen molar-refractivity contribution in [3.63, 3.8) is 0 Å². The number of hydrogen-bond donors (Lipinski definition) is 2. The molecule has 6 nitrogen and oxygen atoms in total. The molecular formula is C20H16N2O4. The Hall–Kier alpha value is -3.80. The first-order valence-electron chi connectivity index (χ1n) is 7.84. The van der Waals surface area contributed by atoms with Crippen molar-refractivity contribution >= 4 is 35.3 Å². The number of rotatable bonds is 6. The number of carbonyl (C=O) groups excluding carboxylic acids is 2. The molecule has 26 heavy (non-hydrogen) atoms. The van der Waals surface area contributed by atoms with Crippen molar-refractivity contribution in [2.75, 3.05) is 10.6 Å². The predicted molar refractivity (Wildman–Crippen MR) is 99.2 cm³/mol. The van der Waals surface area contributed by atoms with Crippen LogP contribution in [0.15, 0.2) is 82.0 Å². The number of nitrogens with one attached hydrogen (secondary N) is 2. The molecule has 0 radical (unpaired) electrons. The Kier molecular flexibility index (Phi) is 5.47. The van der Waals surface area contributed by atoms with Gasteiger partial charge >= 0.3 is 0 Å². The molecule has 1 aromatic carbocycles. The number of carbonyl (C=O) groups is 2. The lowest BCUT2D eigenvalue weighted by Gasteiger charge is -2.06. The minimum absolute atomic E-state index is 0.303. The summed E-state index contributed by atoms with van der Waals surface area (Å²) in [6.07, 6.45) is 8.95. The Morgan fingerprint density at radius 2 is 1.23 bits per heavy atom. The van der Waals surface area contributed by atoms with E-state index in [-0.39, 0.29) is 11.8 Å². The van der Waals surface area contributed by atoms with Gasteiger partial charge in [0.1, 0.15) is 11.5 Å². The van der Waals surface area contributed by atoms with Gasteiger partial charge in [-0.05, 0) is 54.6 Å². The van der Waals surface area contributed by atoms with Crippen LogP contribution < -0.4 is 10.6 Å². The minimum atomic E-state index is -0.303. The fourth-order valence-corrected chi connectivity index (χ4v) is 2.13. The van der Waals surface area contributed by atoms with Gasteiger partial charge in [0.15, 0.2) is 0 Å². The van der Waals surface area contributed by atoms with E-state index in [1.165, 1.54) is 24.7 Å². The van der Waals surface area contributed by atoms with Gasteiger partial charge in [0.2, 0.25) is 11.8 Å². The molecular weight excluding hydrogens is 332 g/mol. The smallest absolute Gasteiger partial charge is 0.248 e. The van der Waals surface area contributed by atoms with Crippen LogP contribution in [-0.4, -0.2) is 11.8 Å². The average molecular weight is 348 g/mol. The van der Waals surface area contributed by atoms with Crippen LogP contribution in [0, 0.1) is 0 Å². The van der Waals surface area contributed by atoms with Gasteiger partial charge in [-0.15, -0.1) is 0 Å². The zero-order chi connectivity index (χ0) is 18.2. The summed E-state index contributed by atoms with van der Waals surface area (Å²) in [7, 11) is 0. The highest BCUT2D eigenvalue weighted by atomic mass is 16.3. The molecule has 0 unspecified atom stereocenters. The lowest BCUT2D eigenvalue weighted by Crippen LogP contribution is -2.10. The van der Waals surface area contributed by atoms with E-state index in [4.69, 9.17) is 8.83 Å². The maximum Gasteiger partial charge on any atom is 0.248 e. The third kappa shape index (κ3) is 5.10. The molecule has 0 aliphatic heterocycles. The van der Waals surface area contributed by atoms with E-state index < -0.39 is 0 Å². The van der Waals surface area contributed by atoms with Gasteiger partial charge in [-0.3, -0.25) is 9.59 Å². The molecule has 0 atom stereocenters. The second kappa shape index (κ2) is 8.34. The normalized spacial score (nSPS) is 11.1. The van der Waals surface area contributed by atoms with Crippen molar-refractivity contribution in [2.45, 2.75) is 0 Å². The van der Waals surface area contributed by atoms with E-state index in [0.29, 0.717) is 22.9 Å². The van der Waals surface area contributed by atoms with E-state index in [0.717, 1.165) is 0 Å². The van der Waals surface area contributed by atoms with Gasteiger partial charge in [0, 0.05) is 23.5 Å². The van der Waals surface area contributed by atoms with Gasteiger partial charge in [-0.25, -0.2) is 0 Å². The van der Waals surface area contributed by atoms with Crippen molar-refractivity contribution in [2.24, 2.45) is 0 Å². The van der Waals surface area contributed by atoms with Gasteiger partial charge in [-0.1, -0.05) is 6.07 Å². The Bertz CT molecular complexity index is 849. The molecule has 0 aliphatic rings. The first kappa shape index (κ1) is 17.0. The number of furan rings is 2. The maximum atomic E-state index is 11.9. The molecule has 0 spiro atoms. The van der Waals surface area contributed by atoms with Gasteiger partial charge in [0.25, 0.3) is 0 Å². The number of hydrogen-bond acceptors (Lipinski definition) is 4. The van der Waals surface area contributed by atoms with Crippen molar-refractivity contribution in [1.82, 2.24) is 0 Å². The second-order valence-electron chi connectivity index (χ2n) is 5.26. The summed E-state index contributed by atoms with van der Waals surface area (Å²) in [5.41, 5.74) is 1.12. The monoisotopic (exact) mass is 348 g/mol. The van der Waals surface area contributed by atoms with Crippen LogP contribution >= 0.6 is 0 Å². The molecule has 2 N–H and O–H groups in total. The van der Waals surface area contributed by atoms with Crippen molar-refractivity contribution in [3.05, 3.63) is 84.7 Å². The zero-order valence-electron chi connectivity index (χ0n) is 13.7. The standard InChI is InChI=1S/C20H16N2O4/c23-19(10-8-17-6-2-12-25-17)21-15-4-1-5-16(14-15)22-20(24)11-9-18-7-3-13-26-18/h1-14H,(H,21,23)(H,22,24). The van der Waals surface area contributed by atoms with Crippen LogP contribution in [0.3, 0.4) is 0 Å². The molecule has 6 heteroatoms. The third-order valence-corrected chi connectivity index (χ3v) is 3.28. The molecule has 2 aromatic heterocycles. The van der Waals surface area contributed by atoms with Crippen LogP contribution in [-0.2, 0) is 9.59 Å². The molecule has 0 fully saturated rings. The minimum Gasteiger partial charge on any atom is -0.465 e. The Morgan fingerprint density at radius 3 is 1.65 bits per heavy atom. The molecule has 0 saturated carbocycles.